The Bertz CT molecular complexity index is 365. The summed E-state index contributed by atoms with van der Waals surface area (Å²) in [6.45, 7) is 3.65. The summed E-state index contributed by atoms with van der Waals surface area (Å²) in [5.74, 6) is 0. The summed E-state index contributed by atoms with van der Waals surface area (Å²) in [5, 5.41) is 1.24. The van der Waals surface area contributed by atoms with Crippen molar-refractivity contribution in [2.24, 2.45) is 0 Å². The minimum atomic E-state index is 1.10. The fraction of sp³-hybridized carbons (Fsp3) is 0. The smallest absolute Gasteiger partial charge is 0.0456 e. The Morgan fingerprint density at radius 3 is 2.83 bits per heavy atom. The van der Waals surface area contributed by atoms with Crippen molar-refractivity contribution < 1.29 is 0 Å². The Morgan fingerprint density at radius 2 is 2.08 bits per heavy atom. The van der Waals surface area contributed by atoms with E-state index in [1.165, 1.54) is 10.9 Å². The van der Waals surface area contributed by atoms with Gasteiger partial charge in [-0.25, -0.2) is 0 Å². The number of hydrogen-bond donors (Lipinski definition) is 1. The summed E-state index contributed by atoms with van der Waals surface area (Å²) in [4.78, 5) is 3.27. The maximum atomic E-state index is 3.65. The molecule has 0 aliphatic rings. The first kappa shape index (κ1) is 7.17. The highest BCUT2D eigenvalue weighted by Gasteiger charge is 1.96. The van der Waals surface area contributed by atoms with E-state index in [2.05, 4.69) is 29.8 Å². The van der Waals surface area contributed by atoms with Crippen LogP contribution < -0.4 is 0 Å². The maximum Gasteiger partial charge on any atom is 0.0456 e. The molecule has 1 N–H and O–H groups in total. The molecule has 0 aliphatic heterocycles. The Morgan fingerprint density at radius 1 is 1.25 bits per heavy atom. The molecule has 0 unspecified atom stereocenters. The average Bonchev–Trinajstić information content (AvgIpc) is 2.47. The lowest BCUT2D eigenvalue weighted by Gasteiger charge is -1.85. The third-order valence-electron chi connectivity index (χ3n) is 1.85. The SMILES string of the molecule is C=C[CH]c1cc2ccccc2[nH]1. The van der Waals surface area contributed by atoms with Crippen molar-refractivity contribution >= 4 is 10.9 Å². The standard InChI is InChI=1S/C11H10N/c1-2-5-10-8-9-6-3-4-7-11(9)12-10/h2-8,12H,1H2. The second-order valence-corrected chi connectivity index (χ2v) is 2.71. The minimum absolute atomic E-state index is 1.10. The van der Waals surface area contributed by atoms with Gasteiger partial charge in [-0.3, -0.25) is 0 Å². The molecule has 59 valence electrons. The monoisotopic (exact) mass is 156 g/mol. The fourth-order valence-electron chi connectivity index (χ4n) is 1.31. The lowest BCUT2D eigenvalue weighted by molar-refractivity contribution is 1.34. The molecule has 1 aromatic heterocycles. The van der Waals surface area contributed by atoms with Crippen LogP contribution in [-0.2, 0) is 0 Å². The molecular weight excluding hydrogens is 146 g/mol. The molecule has 0 fully saturated rings. The van der Waals surface area contributed by atoms with Gasteiger partial charge in [0.15, 0.2) is 0 Å². The molecule has 1 aromatic carbocycles. The van der Waals surface area contributed by atoms with Crippen molar-refractivity contribution in [2.75, 3.05) is 0 Å². The maximum absolute atomic E-state index is 3.65. The Kier molecular flexibility index (Phi) is 1.71. The Hall–Kier alpha value is -1.50. The second-order valence-electron chi connectivity index (χ2n) is 2.71. The van der Waals surface area contributed by atoms with Gasteiger partial charge in [0, 0.05) is 17.6 Å². The molecule has 1 nitrogen and oxygen atoms in total. The van der Waals surface area contributed by atoms with Gasteiger partial charge in [-0.15, -0.1) is 6.58 Å². The molecule has 0 amide bonds. The van der Waals surface area contributed by atoms with Crippen molar-refractivity contribution in [3.63, 3.8) is 0 Å². The summed E-state index contributed by atoms with van der Waals surface area (Å²) < 4.78 is 0. The van der Waals surface area contributed by atoms with E-state index in [0.29, 0.717) is 0 Å². The van der Waals surface area contributed by atoms with Gasteiger partial charge in [0.2, 0.25) is 0 Å². The predicted octanol–water partition coefficient (Wildman–Crippen LogP) is 2.91. The van der Waals surface area contributed by atoms with Crippen molar-refractivity contribution in [1.29, 1.82) is 0 Å². The van der Waals surface area contributed by atoms with Crippen LogP contribution in [0.1, 0.15) is 5.69 Å². The van der Waals surface area contributed by atoms with Crippen LogP contribution in [0.5, 0.6) is 0 Å². The van der Waals surface area contributed by atoms with Crippen LogP contribution in [0.25, 0.3) is 10.9 Å². The van der Waals surface area contributed by atoms with Gasteiger partial charge in [-0.1, -0.05) is 24.3 Å². The number of aromatic amines is 1. The van der Waals surface area contributed by atoms with E-state index in [4.69, 9.17) is 0 Å². The van der Waals surface area contributed by atoms with E-state index in [1.807, 2.05) is 18.6 Å². The molecule has 2 aromatic rings. The summed E-state index contributed by atoms with van der Waals surface area (Å²) in [6, 6.07) is 10.3. The topological polar surface area (TPSA) is 15.8 Å². The fourth-order valence-corrected chi connectivity index (χ4v) is 1.31. The summed E-state index contributed by atoms with van der Waals surface area (Å²) in [5.41, 5.74) is 2.27. The van der Waals surface area contributed by atoms with E-state index in [9.17, 15) is 0 Å². The molecule has 1 heterocycles. The molecule has 0 bridgehead atoms. The number of H-pyrrole nitrogens is 1. The number of hydrogen-bond acceptors (Lipinski definition) is 0. The van der Waals surface area contributed by atoms with Gasteiger partial charge in [-0.05, 0) is 17.5 Å². The van der Waals surface area contributed by atoms with Gasteiger partial charge in [0.05, 0.1) is 0 Å². The summed E-state index contributed by atoms with van der Waals surface area (Å²) in [6.07, 6.45) is 3.74. The second kappa shape index (κ2) is 2.86. The highest BCUT2D eigenvalue weighted by atomic mass is 14.7. The van der Waals surface area contributed by atoms with Crippen LogP contribution in [0, 0.1) is 6.42 Å². The first-order chi connectivity index (χ1) is 5.90. The third kappa shape index (κ3) is 1.14. The van der Waals surface area contributed by atoms with Gasteiger partial charge >= 0.3 is 0 Å². The van der Waals surface area contributed by atoms with E-state index in [-0.39, 0.29) is 0 Å². The molecule has 1 heteroatoms. The number of allylic oxidation sites excluding steroid dienone is 1. The third-order valence-corrected chi connectivity index (χ3v) is 1.85. The average molecular weight is 156 g/mol. The van der Waals surface area contributed by atoms with Gasteiger partial charge in [0.1, 0.15) is 0 Å². The number of rotatable bonds is 2. The van der Waals surface area contributed by atoms with Crippen LogP contribution in [-0.4, -0.2) is 4.98 Å². The van der Waals surface area contributed by atoms with Gasteiger partial charge in [-0.2, -0.15) is 0 Å². The first-order valence-corrected chi connectivity index (χ1v) is 3.93. The quantitative estimate of drug-likeness (QED) is 0.688. The molecule has 0 atom stereocenters. The minimum Gasteiger partial charge on any atom is -0.358 e. The number of fused-ring (bicyclic) bond motifs is 1. The molecular formula is C11H10N. The highest BCUT2D eigenvalue weighted by molar-refractivity contribution is 5.80. The molecule has 0 saturated carbocycles. The highest BCUT2D eigenvalue weighted by Crippen LogP contribution is 2.15. The summed E-state index contributed by atoms with van der Waals surface area (Å²) in [7, 11) is 0. The number of benzene rings is 1. The largest absolute Gasteiger partial charge is 0.358 e. The van der Waals surface area contributed by atoms with Crippen LogP contribution in [0.15, 0.2) is 43.0 Å². The van der Waals surface area contributed by atoms with Gasteiger partial charge < -0.3 is 4.98 Å². The molecule has 0 aliphatic carbocycles. The first-order valence-electron chi connectivity index (χ1n) is 3.93. The van der Waals surface area contributed by atoms with Crippen molar-refractivity contribution in [3.8, 4) is 0 Å². The lowest BCUT2D eigenvalue weighted by atomic mass is 10.2. The van der Waals surface area contributed by atoms with Crippen LogP contribution in [0.2, 0.25) is 0 Å². The van der Waals surface area contributed by atoms with Crippen molar-refractivity contribution in [2.45, 2.75) is 0 Å². The lowest BCUT2D eigenvalue weighted by Crippen LogP contribution is -1.73. The summed E-state index contributed by atoms with van der Waals surface area (Å²) >= 11 is 0. The Balaban J connectivity index is 2.54. The molecule has 12 heavy (non-hydrogen) atoms. The van der Waals surface area contributed by atoms with E-state index in [0.717, 1.165) is 5.69 Å². The zero-order valence-corrected chi connectivity index (χ0v) is 6.75. The van der Waals surface area contributed by atoms with Gasteiger partial charge in [0.25, 0.3) is 0 Å². The normalized spacial score (nSPS) is 10.3. The van der Waals surface area contributed by atoms with E-state index < -0.39 is 0 Å². The number of nitrogens with one attached hydrogen (secondary N) is 1. The van der Waals surface area contributed by atoms with Crippen molar-refractivity contribution in [3.05, 3.63) is 55.1 Å². The predicted molar refractivity (Wildman–Crippen MR) is 51.9 cm³/mol. The van der Waals surface area contributed by atoms with Crippen LogP contribution in [0.3, 0.4) is 0 Å². The molecule has 0 saturated heterocycles. The van der Waals surface area contributed by atoms with Crippen molar-refractivity contribution in [1.82, 2.24) is 4.98 Å². The molecule has 0 spiro atoms. The zero-order valence-electron chi connectivity index (χ0n) is 6.75. The van der Waals surface area contributed by atoms with Crippen LogP contribution >= 0.6 is 0 Å². The number of para-hydroxylation sites is 1. The van der Waals surface area contributed by atoms with Crippen LogP contribution in [0.4, 0.5) is 0 Å². The number of aromatic nitrogens is 1. The Labute approximate surface area is 71.7 Å². The van der Waals surface area contributed by atoms with E-state index in [1.54, 1.807) is 6.08 Å². The van der Waals surface area contributed by atoms with E-state index >= 15 is 0 Å². The molecule has 2 rings (SSSR count). The zero-order chi connectivity index (χ0) is 8.39. The molecule has 1 radical (unpaired) electrons.